The lowest BCUT2D eigenvalue weighted by molar-refractivity contribution is 0.446. The number of rotatable bonds is 3. The topological polar surface area (TPSA) is 15.6 Å². The molecular weight excluding hydrogens is 208 g/mol. The Labute approximate surface area is 103 Å². The molecule has 2 atom stereocenters. The molecule has 17 heavy (non-hydrogen) atoms. The van der Waals surface area contributed by atoms with Crippen LogP contribution < -0.4 is 0 Å². The highest BCUT2D eigenvalue weighted by Crippen LogP contribution is 2.59. The Kier molecular flexibility index (Phi) is 2.46. The summed E-state index contributed by atoms with van der Waals surface area (Å²) in [4.78, 5) is 7.23. The Morgan fingerprint density at radius 1 is 1.24 bits per heavy atom. The van der Waals surface area contributed by atoms with Crippen LogP contribution >= 0.6 is 0 Å². The van der Waals surface area contributed by atoms with Crippen LogP contribution in [0.1, 0.15) is 25.8 Å². The molecule has 0 saturated heterocycles. The Bertz CT molecular complexity index is 433. The Morgan fingerprint density at radius 3 is 2.53 bits per heavy atom. The molecule has 0 unspecified atom stereocenters. The van der Waals surface area contributed by atoms with E-state index in [1.807, 2.05) is 0 Å². The molecule has 2 heteroatoms. The molecule has 0 N–H and O–H groups in total. The van der Waals surface area contributed by atoms with Gasteiger partial charge in [-0.2, -0.15) is 0 Å². The summed E-state index contributed by atoms with van der Waals surface area (Å²) in [5.41, 5.74) is 1.74. The van der Waals surface area contributed by atoms with Gasteiger partial charge in [0.25, 0.3) is 0 Å². The molecule has 0 spiro atoms. The largest absolute Gasteiger partial charge is 0.360 e. The lowest BCUT2D eigenvalue weighted by atomic mass is 9.92. The molecule has 1 aliphatic carbocycles. The van der Waals surface area contributed by atoms with E-state index in [4.69, 9.17) is 4.99 Å². The van der Waals surface area contributed by atoms with Crippen molar-refractivity contribution in [1.82, 2.24) is 4.90 Å². The van der Waals surface area contributed by atoms with Crippen molar-refractivity contribution in [1.29, 1.82) is 0 Å². The van der Waals surface area contributed by atoms with Gasteiger partial charge in [-0.3, -0.25) is 4.99 Å². The molecule has 3 rings (SSSR count). The van der Waals surface area contributed by atoms with E-state index in [1.165, 1.54) is 17.8 Å². The molecule has 2 nitrogen and oxygen atoms in total. The zero-order valence-corrected chi connectivity index (χ0v) is 10.7. The smallest absolute Gasteiger partial charge is 0.110 e. The third-order valence-corrected chi connectivity index (χ3v) is 4.32. The van der Waals surface area contributed by atoms with Crippen molar-refractivity contribution in [3.8, 4) is 0 Å². The number of amidine groups is 1. The predicted molar refractivity (Wildman–Crippen MR) is 71.5 cm³/mol. The van der Waals surface area contributed by atoms with Gasteiger partial charge in [-0.1, -0.05) is 30.3 Å². The highest BCUT2D eigenvalue weighted by Gasteiger charge is 2.62. The molecule has 2 aliphatic rings. The fraction of sp³-hybridized carbons (Fsp3) is 0.533. The van der Waals surface area contributed by atoms with Gasteiger partial charge in [0, 0.05) is 19.6 Å². The van der Waals surface area contributed by atoms with Crippen molar-refractivity contribution in [2.75, 3.05) is 19.6 Å². The van der Waals surface area contributed by atoms with Gasteiger partial charge in [0.1, 0.15) is 5.84 Å². The second kappa shape index (κ2) is 3.86. The van der Waals surface area contributed by atoms with Crippen LogP contribution in [-0.2, 0) is 5.41 Å². The van der Waals surface area contributed by atoms with Gasteiger partial charge < -0.3 is 4.90 Å². The molecule has 90 valence electrons. The average molecular weight is 228 g/mol. The molecular formula is C15H20N2. The van der Waals surface area contributed by atoms with Crippen molar-refractivity contribution in [2.24, 2.45) is 10.9 Å². The van der Waals surface area contributed by atoms with Crippen molar-refractivity contribution in [3.63, 3.8) is 0 Å². The maximum atomic E-state index is 4.80. The summed E-state index contributed by atoms with van der Waals surface area (Å²) in [5.74, 6) is 2.11. The fourth-order valence-electron chi connectivity index (χ4n) is 3.29. The third kappa shape index (κ3) is 1.43. The van der Waals surface area contributed by atoms with E-state index in [1.54, 1.807) is 0 Å². The number of likely N-dealkylation sites (N-methyl/N-ethyl adjacent to an activating group) is 1. The van der Waals surface area contributed by atoms with Crippen LogP contribution in [0.5, 0.6) is 0 Å². The van der Waals surface area contributed by atoms with Gasteiger partial charge in [-0.15, -0.1) is 0 Å². The standard InChI is InChI=1S/C15H20N2/c1-3-17(4-2)14-15(10-13(15)11-16-14)12-8-6-5-7-9-12/h5-9,13H,3-4,10-11H2,1-2H3/t13-,15+/m1/s1. The van der Waals surface area contributed by atoms with Crippen LogP contribution in [0, 0.1) is 5.92 Å². The maximum Gasteiger partial charge on any atom is 0.110 e. The lowest BCUT2D eigenvalue weighted by Gasteiger charge is -2.28. The number of hydrogen-bond donors (Lipinski definition) is 0. The number of nitrogens with zero attached hydrogens (tertiary/aromatic N) is 2. The van der Waals surface area contributed by atoms with E-state index < -0.39 is 0 Å². The summed E-state index contributed by atoms with van der Waals surface area (Å²) in [6, 6.07) is 10.9. The minimum Gasteiger partial charge on any atom is -0.360 e. The van der Waals surface area contributed by atoms with Crippen LogP contribution in [0.2, 0.25) is 0 Å². The van der Waals surface area contributed by atoms with Crippen LogP contribution in [-0.4, -0.2) is 30.4 Å². The molecule has 0 amide bonds. The first kappa shape index (κ1) is 10.8. The van der Waals surface area contributed by atoms with Crippen molar-refractivity contribution < 1.29 is 0 Å². The second-order valence-electron chi connectivity index (χ2n) is 5.08. The second-order valence-corrected chi connectivity index (χ2v) is 5.08. The van der Waals surface area contributed by atoms with Gasteiger partial charge in [0.05, 0.1) is 5.41 Å². The lowest BCUT2D eigenvalue weighted by Crippen LogP contribution is -2.38. The molecule has 1 aliphatic heterocycles. The van der Waals surface area contributed by atoms with Gasteiger partial charge in [-0.25, -0.2) is 0 Å². The van der Waals surface area contributed by atoms with E-state index in [0.717, 1.165) is 25.6 Å². The zero-order chi connectivity index (χ0) is 11.9. The Balaban J connectivity index is 1.97. The van der Waals surface area contributed by atoms with Crippen molar-refractivity contribution in [3.05, 3.63) is 35.9 Å². The molecule has 1 heterocycles. The molecule has 1 aromatic rings. The Morgan fingerprint density at radius 2 is 1.94 bits per heavy atom. The van der Waals surface area contributed by atoms with E-state index in [0.29, 0.717) is 0 Å². The summed E-state index contributed by atoms with van der Waals surface area (Å²) < 4.78 is 0. The minimum atomic E-state index is 0.271. The van der Waals surface area contributed by atoms with Gasteiger partial charge in [-0.05, 0) is 31.7 Å². The summed E-state index contributed by atoms with van der Waals surface area (Å²) in [6.07, 6.45) is 1.30. The minimum absolute atomic E-state index is 0.271. The maximum absolute atomic E-state index is 4.80. The number of aliphatic imine (C=N–C) groups is 1. The summed E-state index contributed by atoms with van der Waals surface area (Å²) in [5, 5.41) is 0. The highest BCUT2D eigenvalue weighted by molar-refractivity contribution is 5.98. The predicted octanol–water partition coefficient (Wildman–Crippen LogP) is 2.70. The zero-order valence-electron chi connectivity index (χ0n) is 10.7. The van der Waals surface area contributed by atoms with E-state index >= 15 is 0 Å². The van der Waals surface area contributed by atoms with E-state index in [-0.39, 0.29) is 5.41 Å². The molecule has 0 bridgehead atoms. The SMILES string of the molecule is CCN(CC)C1=NC[C@H]2C[C@@]12c1ccccc1. The van der Waals surface area contributed by atoms with Crippen LogP contribution in [0.3, 0.4) is 0 Å². The van der Waals surface area contributed by atoms with E-state index in [2.05, 4.69) is 49.1 Å². The normalized spacial score (nSPS) is 29.8. The Hall–Kier alpha value is -1.31. The van der Waals surface area contributed by atoms with E-state index in [9.17, 15) is 0 Å². The van der Waals surface area contributed by atoms with Gasteiger partial charge in [0.2, 0.25) is 0 Å². The van der Waals surface area contributed by atoms with Gasteiger partial charge in [0.15, 0.2) is 0 Å². The monoisotopic (exact) mass is 228 g/mol. The summed E-state index contributed by atoms with van der Waals surface area (Å²) >= 11 is 0. The van der Waals surface area contributed by atoms with Gasteiger partial charge >= 0.3 is 0 Å². The first-order valence-corrected chi connectivity index (χ1v) is 6.68. The molecule has 0 aromatic heterocycles. The molecule has 1 aromatic carbocycles. The van der Waals surface area contributed by atoms with Crippen molar-refractivity contribution >= 4 is 5.84 Å². The molecule has 1 saturated carbocycles. The van der Waals surface area contributed by atoms with Crippen LogP contribution in [0.4, 0.5) is 0 Å². The fourth-order valence-corrected chi connectivity index (χ4v) is 3.29. The number of fused-ring (bicyclic) bond motifs is 1. The number of benzene rings is 1. The van der Waals surface area contributed by atoms with Crippen molar-refractivity contribution in [2.45, 2.75) is 25.7 Å². The summed E-state index contributed by atoms with van der Waals surface area (Å²) in [6.45, 7) is 7.61. The van der Waals surface area contributed by atoms with Crippen LogP contribution in [0.15, 0.2) is 35.3 Å². The molecule has 0 radical (unpaired) electrons. The first-order valence-electron chi connectivity index (χ1n) is 6.68. The highest BCUT2D eigenvalue weighted by atomic mass is 15.2. The van der Waals surface area contributed by atoms with Crippen LogP contribution in [0.25, 0.3) is 0 Å². The molecule has 1 fully saturated rings. The average Bonchev–Trinajstić information content (AvgIpc) is 3.02. The summed E-state index contributed by atoms with van der Waals surface area (Å²) in [7, 11) is 0. The first-order chi connectivity index (χ1) is 8.32. The quantitative estimate of drug-likeness (QED) is 0.776. The third-order valence-electron chi connectivity index (χ3n) is 4.32. The number of hydrogen-bond acceptors (Lipinski definition) is 2.